The van der Waals surface area contributed by atoms with Gasteiger partial charge in [0.2, 0.25) is 0 Å². The highest BCUT2D eigenvalue weighted by Crippen LogP contribution is 2.40. The maximum absolute atomic E-state index is 13.4. The Kier molecular flexibility index (Phi) is 6.47. The number of aromatic nitrogens is 1. The minimum Gasteiger partial charge on any atom is -0.423 e. The van der Waals surface area contributed by atoms with Crippen LogP contribution in [-0.2, 0) is 6.18 Å². The van der Waals surface area contributed by atoms with Gasteiger partial charge in [0, 0.05) is 13.1 Å². The summed E-state index contributed by atoms with van der Waals surface area (Å²) in [7, 11) is 0. The molecule has 0 aliphatic heterocycles. The fraction of sp³-hybridized carbons (Fsp3) is 0.176. The van der Waals surface area contributed by atoms with Crippen molar-refractivity contribution in [3.63, 3.8) is 0 Å². The molecule has 0 aliphatic rings. The number of para-hydroxylation sites is 2. The van der Waals surface area contributed by atoms with Crippen molar-refractivity contribution in [2.45, 2.75) is 6.18 Å². The predicted molar refractivity (Wildman–Crippen MR) is 97.3 cm³/mol. The zero-order valence-electron chi connectivity index (χ0n) is 14.2. The maximum atomic E-state index is 13.4. The fourth-order valence-corrected chi connectivity index (χ4v) is 2.44. The average molecular weight is 419 g/mol. The number of nitrogens with zero attached hydrogens (tertiary/aromatic N) is 2. The van der Waals surface area contributed by atoms with Crippen molar-refractivity contribution in [2.24, 2.45) is 5.73 Å². The van der Waals surface area contributed by atoms with Gasteiger partial charge in [-0.1, -0.05) is 12.1 Å². The number of nitrogens with one attached hydrogen (secondary N) is 1. The first kappa shape index (κ1) is 21.5. The average Bonchev–Trinajstić information content (AvgIpc) is 3.04. The summed E-state index contributed by atoms with van der Waals surface area (Å²) in [5.74, 6) is -1.09. The molecular formula is C17H15ClF4N4O2. The summed E-state index contributed by atoms with van der Waals surface area (Å²) in [6, 6.07) is 7.08. The van der Waals surface area contributed by atoms with Gasteiger partial charge in [0.05, 0.1) is 11.3 Å². The molecular weight excluding hydrogens is 404 g/mol. The minimum absolute atomic E-state index is 0. The monoisotopic (exact) mass is 418 g/mol. The van der Waals surface area contributed by atoms with E-state index in [2.05, 4.69) is 10.3 Å². The second kappa shape index (κ2) is 8.44. The molecule has 0 radical (unpaired) electrons. The smallest absolute Gasteiger partial charge is 0.418 e. The Morgan fingerprint density at radius 2 is 1.93 bits per heavy atom. The lowest BCUT2D eigenvalue weighted by Crippen LogP contribution is -2.40. The number of amides is 2. The number of hydrogen-bond acceptors (Lipinski definition) is 4. The number of alkyl halides is 3. The van der Waals surface area contributed by atoms with Crippen LogP contribution >= 0.6 is 12.4 Å². The number of halogens is 5. The van der Waals surface area contributed by atoms with E-state index in [1.54, 1.807) is 24.3 Å². The Labute approximate surface area is 162 Å². The first-order valence-electron chi connectivity index (χ1n) is 7.81. The lowest BCUT2D eigenvalue weighted by Gasteiger charge is -2.23. The molecule has 2 amide bonds. The van der Waals surface area contributed by atoms with Crippen molar-refractivity contribution in [2.75, 3.05) is 18.0 Å². The highest BCUT2D eigenvalue weighted by Gasteiger charge is 2.38. The number of benzene rings is 2. The Bertz CT molecular complexity index is 944. The van der Waals surface area contributed by atoms with Crippen molar-refractivity contribution in [3.05, 3.63) is 53.8 Å². The number of nitrogens with two attached hydrogens (primary N) is 1. The van der Waals surface area contributed by atoms with Crippen LogP contribution in [0.4, 0.5) is 34.1 Å². The number of hydrogen-bond donors (Lipinski definition) is 2. The Morgan fingerprint density at radius 1 is 1.21 bits per heavy atom. The number of carbonyl (C=O) groups is 1. The third-order valence-electron chi connectivity index (χ3n) is 3.60. The molecule has 1 heterocycles. The van der Waals surface area contributed by atoms with E-state index in [1.807, 2.05) is 0 Å². The van der Waals surface area contributed by atoms with E-state index >= 15 is 0 Å². The minimum atomic E-state index is -4.91. The van der Waals surface area contributed by atoms with Crippen LogP contribution in [0.3, 0.4) is 0 Å². The van der Waals surface area contributed by atoms with Crippen molar-refractivity contribution in [1.29, 1.82) is 0 Å². The van der Waals surface area contributed by atoms with Gasteiger partial charge in [0.15, 0.2) is 5.58 Å². The first-order chi connectivity index (χ1) is 12.8. The summed E-state index contributed by atoms with van der Waals surface area (Å²) in [4.78, 5) is 17.2. The molecule has 0 atom stereocenters. The molecule has 2 aromatic carbocycles. The van der Waals surface area contributed by atoms with Crippen LogP contribution in [0.2, 0.25) is 0 Å². The van der Waals surface area contributed by atoms with Crippen LogP contribution < -0.4 is 16.0 Å². The number of urea groups is 1. The van der Waals surface area contributed by atoms with Crippen LogP contribution in [0.5, 0.6) is 0 Å². The van der Waals surface area contributed by atoms with Crippen LogP contribution in [0.25, 0.3) is 11.1 Å². The zero-order chi connectivity index (χ0) is 19.6. The van der Waals surface area contributed by atoms with Gasteiger partial charge in [-0.2, -0.15) is 18.2 Å². The number of oxazole rings is 1. The van der Waals surface area contributed by atoms with Crippen molar-refractivity contribution >= 4 is 41.2 Å². The van der Waals surface area contributed by atoms with E-state index in [-0.39, 0.29) is 37.1 Å². The van der Waals surface area contributed by atoms with E-state index in [1.165, 1.54) is 0 Å². The summed E-state index contributed by atoms with van der Waals surface area (Å²) < 4.78 is 59.2. The largest absolute Gasteiger partial charge is 0.423 e. The number of rotatable bonds is 4. The molecule has 0 unspecified atom stereocenters. The molecule has 150 valence electrons. The second-order valence-corrected chi connectivity index (χ2v) is 5.48. The quantitative estimate of drug-likeness (QED) is 0.621. The lowest BCUT2D eigenvalue weighted by atomic mass is 10.1. The van der Waals surface area contributed by atoms with Gasteiger partial charge >= 0.3 is 18.2 Å². The standard InChI is InChI=1S/C17H14F4N4O2.ClH/c18-10-5-6-13(11(9-10)17(19,20)21)25(15(26)23-8-7-22)16-24-12-3-1-2-4-14(12)27-16;/h1-6,9H,7-8,22H2,(H,23,26);1H. The van der Waals surface area contributed by atoms with Crippen molar-refractivity contribution < 1.29 is 26.8 Å². The van der Waals surface area contributed by atoms with E-state index < -0.39 is 29.3 Å². The summed E-state index contributed by atoms with van der Waals surface area (Å²) in [5, 5.41) is 2.37. The highest BCUT2D eigenvalue weighted by atomic mass is 35.5. The van der Waals surface area contributed by atoms with E-state index in [0.717, 1.165) is 12.1 Å². The summed E-state index contributed by atoms with van der Waals surface area (Å²) in [6.45, 7) is 0.0841. The van der Waals surface area contributed by atoms with E-state index in [9.17, 15) is 22.4 Å². The van der Waals surface area contributed by atoms with Gasteiger partial charge in [0.1, 0.15) is 11.3 Å². The van der Waals surface area contributed by atoms with E-state index in [0.29, 0.717) is 16.5 Å². The molecule has 0 aliphatic carbocycles. The topological polar surface area (TPSA) is 84.4 Å². The SMILES string of the molecule is Cl.NCCNC(=O)N(c1nc2ccccc2o1)c1ccc(F)cc1C(F)(F)F. The van der Waals surface area contributed by atoms with Crippen LogP contribution in [-0.4, -0.2) is 24.1 Å². The summed E-state index contributed by atoms with van der Waals surface area (Å²) in [5.41, 5.74) is 4.00. The Balaban J connectivity index is 0.00000280. The van der Waals surface area contributed by atoms with Gasteiger partial charge in [-0.25, -0.2) is 14.1 Å². The molecule has 0 saturated heterocycles. The Hall–Kier alpha value is -2.85. The van der Waals surface area contributed by atoms with Gasteiger partial charge < -0.3 is 15.5 Å². The van der Waals surface area contributed by atoms with Crippen molar-refractivity contribution in [3.8, 4) is 0 Å². The predicted octanol–water partition coefficient (Wildman–Crippen LogP) is 4.21. The zero-order valence-corrected chi connectivity index (χ0v) is 15.0. The summed E-state index contributed by atoms with van der Waals surface area (Å²) in [6.07, 6.45) is -4.91. The lowest BCUT2D eigenvalue weighted by molar-refractivity contribution is -0.137. The van der Waals surface area contributed by atoms with Crippen molar-refractivity contribution in [1.82, 2.24) is 10.3 Å². The number of fused-ring (bicyclic) bond motifs is 1. The molecule has 0 fully saturated rings. The Morgan fingerprint density at radius 3 is 2.57 bits per heavy atom. The normalized spacial score (nSPS) is 11.2. The second-order valence-electron chi connectivity index (χ2n) is 5.48. The molecule has 28 heavy (non-hydrogen) atoms. The van der Waals surface area contributed by atoms with Gasteiger partial charge in [-0.3, -0.25) is 0 Å². The molecule has 0 spiro atoms. The number of anilines is 2. The first-order valence-corrected chi connectivity index (χ1v) is 7.81. The third kappa shape index (κ3) is 4.34. The molecule has 3 N–H and O–H groups in total. The van der Waals surface area contributed by atoms with Gasteiger partial charge in [0.25, 0.3) is 0 Å². The molecule has 0 bridgehead atoms. The van der Waals surface area contributed by atoms with Gasteiger partial charge in [-0.15, -0.1) is 12.4 Å². The van der Waals surface area contributed by atoms with Crippen LogP contribution in [0.15, 0.2) is 46.9 Å². The van der Waals surface area contributed by atoms with Gasteiger partial charge in [-0.05, 0) is 30.3 Å². The molecule has 1 aromatic heterocycles. The van der Waals surface area contributed by atoms with Crippen LogP contribution in [0, 0.1) is 5.82 Å². The molecule has 3 rings (SSSR count). The summed E-state index contributed by atoms with van der Waals surface area (Å²) >= 11 is 0. The number of carbonyl (C=O) groups excluding carboxylic acids is 1. The van der Waals surface area contributed by atoms with E-state index in [4.69, 9.17) is 10.2 Å². The molecule has 3 aromatic rings. The highest BCUT2D eigenvalue weighted by molar-refractivity contribution is 5.99. The molecule has 6 nitrogen and oxygen atoms in total. The maximum Gasteiger partial charge on any atom is 0.418 e. The molecule has 0 saturated carbocycles. The fourth-order valence-electron chi connectivity index (χ4n) is 2.44. The molecule has 11 heteroatoms. The third-order valence-corrected chi connectivity index (χ3v) is 3.60. The van der Waals surface area contributed by atoms with Crippen LogP contribution in [0.1, 0.15) is 5.56 Å².